The molecule has 8 heteroatoms. The zero-order valence-corrected chi connectivity index (χ0v) is 7.25. The van der Waals surface area contributed by atoms with Crippen molar-refractivity contribution in [3.63, 3.8) is 0 Å². The van der Waals surface area contributed by atoms with E-state index in [1.807, 2.05) is 0 Å². The number of nitrogens with two attached hydrogens (primary N) is 3. The van der Waals surface area contributed by atoms with Gasteiger partial charge in [0.15, 0.2) is 0 Å². The van der Waals surface area contributed by atoms with Crippen LogP contribution in [0.3, 0.4) is 0 Å². The molecule has 1 rings (SSSR count). The van der Waals surface area contributed by atoms with Gasteiger partial charge in [0.1, 0.15) is 0 Å². The van der Waals surface area contributed by atoms with Crippen LogP contribution < -0.4 is 17.2 Å². The van der Waals surface area contributed by atoms with Crippen LogP contribution in [0, 0.1) is 5.41 Å². The van der Waals surface area contributed by atoms with E-state index in [4.69, 9.17) is 22.6 Å². The molecule has 0 amide bonds. The third-order valence-electron chi connectivity index (χ3n) is 1.23. The van der Waals surface area contributed by atoms with Gasteiger partial charge in [-0.2, -0.15) is 10.2 Å². The normalized spacial score (nSPS) is 10.3. The molecule has 1 aromatic heterocycles. The van der Waals surface area contributed by atoms with Crippen LogP contribution in [0.5, 0.6) is 0 Å². The van der Waals surface area contributed by atoms with Crippen LogP contribution in [-0.2, 0) is 0 Å². The van der Waals surface area contributed by atoms with E-state index in [-0.39, 0.29) is 11.9 Å². The van der Waals surface area contributed by atoms with Gasteiger partial charge in [-0.15, -0.1) is 5.10 Å². The van der Waals surface area contributed by atoms with Crippen LogP contribution in [0.4, 0.5) is 0 Å². The van der Waals surface area contributed by atoms with E-state index in [1.165, 1.54) is 23.3 Å². The molecule has 0 spiro atoms. The van der Waals surface area contributed by atoms with Gasteiger partial charge in [0.25, 0.3) is 0 Å². The summed E-state index contributed by atoms with van der Waals surface area (Å²) in [6, 6.07) is 0. The summed E-state index contributed by atoms with van der Waals surface area (Å²) in [6.07, 6.45) is 4.40. The highest BCUT2D eigenvalue weighted by molar-refractivity contribution is 5.83. The quantitative estimate of drug-likeness (QED) is 0.251. The molecule has 0 aliphatic rings. The topological polar surface area (TPSA) is 144 Å². The molecule has 0 fully saturated rings. The molecule has 0 atom stereocenters. The molecule has 0 aromatic carbocycles. The minimum Gasteiger partial charge on any atom is -0.369 e. The third-order valence-corrected chi connectivity index (χ3v) is 1.23. The van der Waals surface area contributed by atoms with Crippen LogP contribution in [0.1, 0.15) is 5.56 Å². The Labute approximate surface area is 79.6 Å². The van der Waals surface area contributed by atoms with Gasteiger partial charge in [0.2, 0.25) is 11.9 Å². The number of aromatic nitrogens is 2. The van der Waals surface area contributed by atoms with Gasteiger partial charge in [0.05, 0.1) is 12.4 Å². The third kappa shape index (κ3) is 2.59. The molecule has 0 unspecified atom stereocenters. The molecule has 0 aliphatic carbocycles. The largest absolute Gasteiger partial charge is 0.369 e. The van der Waals surface area contributed by atoms with Crippen molar-refractivity contribution in [1.82, 2.24) is 9.78 Å². The maximum Gasteiger partial charge on any atom is 0.213 e. The first kappa shape index (κ1) is 9.71. The van der Waals surface area contributed by atoms with E-state index < -0.39 is 0 Å². The zero-order valence-electron chi connectivity index (χ0n) is 7.25. The number of hydrogen-bond donors (Lipinski definition) is 4. The summed E-state index contributed by atoms with van der Waals surface area (Å²) in [7, 11) is 0. The fraction of sp³-hybridized carbons (Fsp3) is 0. The highest BCUT2D eigenvalue weighted by atomic mass is 15.3. The Morgan fingerprint density at radius 3 is 2.71 bits per heavy atom. The first-order valence-corrected chi connectivity index (χ1v) is 3.60. The second-order valence-electron chi connectivity index (χ2n) is 2.37. The van der Waals surface area contributed by atoms with Crippen molar-refractivity contribution in [2.75, 3.05) is 0 Å². The van der Waals surface area contributed by atoms with E-state index >= 15 is 0 Å². The zero-order chi connectivity index (χ0) is 10.6. The van der Waals surface area contributed by atoms with E-state index in [0.29, 0.717) is 5.56 Å². The van der Waals surface area contributed by atoms with Gasteiger partial charge in [0, 0.05) is 11.8 Å². The van der Waals surface area contributed by atoms with Gasteiger partial charge in [-0.3, -0.25) is 5.41 Å². The summed E-state index contributed by atoms with van der Waals surface area (Å²) in [5, 5.41) is 17.8. The molecular weight excluding hydrogens is 184 g/mol. The van der Waals surface area contributed by atoms with Crippen molar-refractivity contribution in [3.8, 4) is 0 Å². The monoisotopic (exact) mass is 194 g/mol. The maximum absolute atomic E-state index is 7.06. The lowest BCUT2D eigenvalue weighted by Crippen LogP contribution is -2.21. The SMILES string of the molecule is N=C(N)n1cc(/C=N/N=C(N)N)cn1. The molecule has 1 aromatic rings. The Hall–Kier alpha value is -2.38. The summed E-state index contributed by atoms with van der Waals surface area (Å²) < 4.78 is 1.19. The number of nitrogens with one attached hydrogen (secondary N) is 1. The molecule has 14 heavy (non-hydrogen) atoms. The Morgan fingerprint density at radius 2 is 2.21 bits per heavy atom. The predicted molar refractivity (Wildman–Crippen MR) is 52.9 cm³/mol. The van der Waals surface area contributed by atoms with Gasteiger partial charge in [-0.1, -0.05) is 0 Å². The molecule has 1 heterocycles. The average molecular weight is 194 g/mol. The van der Waals surface area contributed by atoms with Crippen LogP contribution in [0.25, 0.3) is 0 Å². The van der Waals surface area contributed by atoms with Crippen molar-refractivity contribution in [1.29, 1.82) is 5.41 Å². The molecule has 7 N–H and O–H groups in total. The molecule has 0 aliphatic heterocycles. The van der Waals surface area contributed by atoms with E-state index in [1.54, 1.807) is 0 Å². The summed E-state index contributed by atoms with van der Waals surface area (Å²) in [6.45, 7) is 0. The molecule has 74 valence electrons. The summed E-state index contributed by atoms with van der Waals surface area (Å²) in [4.78, 5) is 0. The fourth-order valence-corrected chi connectivity index (χ4v) is 0.697. The minimum atomic E-state index is -0.175. The lowest BCUT2D eigenvalue weighted by Gasteiger charge is -1.91. The molecule has 0 saturated carbocycles. The van der Waals surface area contributed by atoms with E-state index in [0.717, 1.165) is 0 Å². The van der Waals surface area contributed by atoms with Crippen molar-refractivity contribution >= 4 is 18.1 Å². The summed E-state index contributed by atoms with van der Waals surface area (Å²) in [5.41, 5.74) is 15.9. The molecule has 0 saturated heterocycles. The lowest BCUT2D eigenvalue weighted by atomic mass is 10.4. The minimum absolute atomic E-state index is 0.125. The van der Waals surface area contributed by atoms with Crippen molar-refractivity contribution < 1.29 is 0 Å². The van der Waals surface area contributed by atoms with Crippen molar-refractivity contribution in [2.45, 2.75) is 0 Å². The molecule has 0 bridgehead atoms. The van der Waals surface area contributed by atoms with Gasteiger partial charge < -0.3 is 17.2 Å². The standard InChI is InChI=1S/C6H10N8/c7-5(8)13-11-1-4-2-12-14(3-4)6(9)10/h1-3H,(H3,9,10)(H4,7,8,13)/b11-1+. The summed E-state index contributed by atoms with van der Waals surface area (Å²) in [5.74, 6) is -0.299. The van der Waals surface area contributed by atoms with Crippen LogP contribution in [0.2, 0.25) is 0 Å². The van der Waals surface area contributed by atoms with Crippen LogP contribution >= 0.6 is 0 Å². The number of guanidine groups is 1. The highest BCUT2D eigenvalue weighted by Crippen LogP contribution is 1.92. The molecule has 0 radical (unpaired) electrons. The number of rotatable bonds is 2. The van der Waals surface area contributed by atoms with Crippen molar-refractivity contribution in [2.24, 2.45) is 27.4 Å². The van der Waals surface area contributed by atoms with Crippen LogP contribution in [-0.4, -0.2) is 27.9 Å². The predicted octanol–water partition coefficient (Wildman–Crippen LogP) is -1.77. The van der Waals surface area contributed by atoms with Crippen molar-refractivity contribution in [3.05, 3.63) is 18.0 Å². The molecular formula is C6H10N8. The highest BCUT2D eigenvalue weighted by Gasteiger charge is 1.96. The Morgan fingerprint density at radius 1 is 1.50 bits per heavy atom. The van der Waals surface area contributed by atoms with Gasteiger partial charge >= 0.3 is 0 Å². The van der Waals surface area contributed by atoms with Gasteiger partial charge in [-0.05, 0) is 0 Å². The number of nitrogens with zero attached hydrogens (tertiary/aromatic N) is 4. The second-order valence-corrected chi connectivity index (χ2v) is 2.37. The lowest BCUT2D eigenvalue weighted by molar-refractivity contribution is 0.911. The van der Waals surface area contributed by atoms with Gasteiger partial charge in [-0.25, -0.2) is 4.68 Å². The maximum atomic E-state index is 7.06. The number of nitrogen functional groups attached to an aromatic ring is 1. The Bertz CT molecular complexity index is 382. The van der Waals surface area contributed by atoms with E-state index in [9.17, 15) is 0 Å². The van der Waals surface area contributed by atoms with Crippen LogP contribution in [0.15, 0.2) is 22.6 Å². The Kier molecular flexibility index (Phi) is 2.79. The Balaban J connectivity index is 2.74. The first-order valence-electron chi connectivity index (χ1n) is 3.60. The van der Waals surface area contributed by atoms with E-state index in [2.05, 4.69) is 15.3 Å². The average Bonchev–Trinajstić information content (AvgIpc) is 2.52. The fourth-order valence-electron chi connectivity index (χ4n) is 0.697. The second kappa shape index (κ2) is 4.03. The molecule has 8 nitrogen and oxygen atoms in total. The summed E-state index contributed by atoms with van der Waals surface area (Å²) >= 11 is 0. The smallest absolute Gasteiger partial charge is 0.213 e. The first-order chi connectivity index (χ1) is 6.59. The number of hydrogen-bond acceptors (Lipinski definition) is 4.